The zero-order valence-electron chi connectivity index (χ0n) is 24.7. The van der Waals surface area contributed by atoms with Crippen LogP contribution in [0.25, 0.3) is 22.2 Å². The predicted molar refractivity (Wildman–Crippen MR) is 161 cm³/mol. The zero-order chi connectivity index (χ0) is 29.5. The minimum Gasteiger partial charge on any atom is -0.493 e. The van der Waals surface area contributed by atoms with E-state index in [4.69, 9.17) is 14.2 Å². The van der Waals surface area contributed by atoms with Crippen LogP contribution >= 0.6 is 0 Å². The maximum absolute atomic E-state index is 12.5. The number of carbonyl (C=O) groups is 1. The summed E-state index contributed by atoms with van der Waals surface area (Å²) in [7, 11) is 3.39. The van der Waals surface area contributed by atoms with Crippen LogP contribution in [0.2, 0.25) is 0 Å². The van der Waals surface area contributed by atoms with Crippen LogP contribution in [0.3, 0.4) is 0 Å². The van der Waals surface area contributed by atoms with Gasteiger partial charge in [0.05, 0.1) is 37.2 Å². The molecule has 3 heterocycles. The largest absolute Gasteiger partial charge is 0.493 e. The molecule has 2 aromatic heterocycles. The molecule has 0 radical (unpaired) electrons. The lowest BCUT2D eigenvalue weighted by atomic mass is 9.98. The summed E-state index contributed by atoms with van der Waals surface area (Å²) in [5.74, 6) is 1.91. The van der Waals surface area contributed by atoms with Gasteiger partial charge in [-0.05, 0) is 56.0 Å². The Hall–Kier alpha value is -4.09. The van der Waals surface area contributed by atoms with Crippen molar-refractivity contribution in [2.75, 3.05) is 52.4 Å². The molecule has 1 aliphatic heterocycles. The molecule has 11 heteroatoms. The second-order valence-corrected chi connectivity index (χ2v) is 11.0. The van der Waals surface area contributed by atoms with Gasteiger partial charge in [0.1, 0.15) is 12.9 Å². The number of hydrogen-bond donors (Lipinski definition) is 1. The second-order valence-electron chi connectivity index (χ2n) is 11.0. The van der Waals surface area contributed by atoms with Crippen molar-refractivity contribution in [2.24, 2.45) is 5.92 Å². The fourth-order valence-corrected chi connectivity index (χ4v) is 5.09. The standard InChI is InChI=1S/C31H39N7O4/c1-21(2)27-17-38(36-35-27)18-30(39)34-24-7-5-23(6-8-24)31-25-15-28(41-4)29(16-26(25)32-20-33-31)42-19-22-9-11-37(12-10-22)13-14-40-3/h5-8,15-17,20-22H,9-14,18-19H2,1-4H3,(H,34,39). The van der Waals surface area contributed by atoms with E-state index in [1.54, 1.807) is 31.4 Å². The maximum Gasteiger partial charge on any atom is 0.246 e. The Morgan fingerprint density at radius 3 is 2.55 bits per heavy atom. The van der Waals surface area contributed by atoms with Gasteiger partial charge >= 0.3 is 0 Å². The first-order valence-electron chi connectivity index (χ1n) is 14.4. The highest BCUT2D eigenvalue weighted by Gasteiger charge is 2.21. The van der Waals surface area contributed by atoms with E-state index in [-0.39, 0.29) is 18.4 Å². The fraction of sp³-hybridized carbons (Fsp3) is 0.452. The summed E-state index contributed by atoms with van der Waals surface area (Å²) in [5.41, 5.74) is 3.98. The number of nitrogens with zero attached hydrogens (tertiary/aromatic N) is 6. The van der Waals surface area contributed by atoms with Crippen LogP contribution in [0, 0.1) is 5.92 Å². The molecule has 1 fully saturated rings. The van der Waals surface area contributed by atoms with Crippen molar-refractivity contribution in [3.63, 3.8) is 0 Å². The molecular weight excluding hydrogens is 534 g/mol. The van der Waals surface area contributed by atoms with E-state index in [9.17, 15) is 4.79 Å². The van der Waals surface area contributed by atoms with Crippen molar-refractivity contribution in [2.45, 2.75) is 39.2 Å². The molecule has 1 saturated heterocycles. The lowest BCUT2D eigenvalue weighted by molar-refractivity contribution is -0.116. The van der Waals surface area contributed by atoms with Crippen molar-refractivity contribution < 1.29 is 19.0 Å². The third-order valence-electron chi connectivity index (χ3n) is 7.61. The van der Waals surface area contributed by atoms with E-state index in [1.807, 2.05) is 50.2 Å². The van der Waals surface area contributed by atoms with Gasteiger partial charge in [-0.1, -0.05) is 31.2 Å². The Morgan fingerprint density at radius 1 is 1.07 bits per heavy atom. The molecular formula is C31H39N7O4. The highest BCUT2D eigenvalue weighted by Crippen LogP contribution is 2.36. The van der Waals surface area contributed by atoms with Gasteiger partial charge in [0.25, 0.3) is 0 Å². The number of aromatic nitrogens is 5. The summed E-state index contributed by atoms with van der Waals surface area (Å²) in [6.45, 7) is 8.68. The first-order valence-corrected chi connectivity index (χ1v) is 14.4. The van der Waals surface area contributed by atoms with E-state index >= 15 is 0 Å². The Bertz CT molecular complexity index is 1480. The molecule has 0 spiro atoms. The molecule has 11 nitrogen and oxygen atoms in total. The molecule has 0 atom stereocenters. The molecule has 0 unspecified atom stereocenters. The smallest absolute Gasteiger partial charge is 0.246 e. The van der Waals surface area contributed by atoms with E-state index in [1.165, 1.54) is 0 Å². The van der Waals surface area contributed by atoms with Crippen molar-refractivity contribution in [1.29, 1.82) is 0 Å². The van der Waals surface area contributed by atoms with Gasteiger partial charge in [0.2, 0.25) is 5.91 Å². The van der Waals surface area contributed by atoms with Gasteiger partial charge in [-0.25, -0.2) is 14.6 Å². The summed E-state index contributed by atoms with van der Waals surface area (Å²) in [4.78, 5) is 24.1. The Kier molecular flexibility index (Phi) is 9.60. The molecule has 2 aromatic carbocycles. The minimum atomic E-state index is -0.177. The van der Waals surface area contributed by atoms with Crippen LogP contribution in [-0.4, -0.2) is 82.8 Å². The van der Waals surface area contributed by atoms with Gasteiger partial charge in [-0.2, -0.15) is 0 Å². The lowest BCUT2D eigenvalue weighted by Crippen LogP contribution is -2.37. The van der Waals surface area contributed by atoms with Gasteiger partial charge in [0, 0.05) is 42.6 Å². The van der Waals surface area contributed by atoms with Crippen LogP contribution < -0.4 is 14.8 Å². The monoisotopic (exact) mass is 573 g/mol. The van der Waals surface area contributed by atoms with Crippen LogP contribution in [-0.2, 0) is 16.1 Å². The molecule has 42 heavy (non-hydrogen) atoms. The molecule has 0 bridgehead atoms. The number of amides is 1. The average Bonchev–Trinajstić information content (AvgIpc) is 3.48. The van der Waals surface area contributed by atoms with E-state index < -0.39 is 0 Å². The summed E-state index contributed by atoms with van der Waals surface area (Å²) in [6, 6.07) is 11.4. The zero-order valence-corrected chi connectivity index (χ0v) is 24.7. The molecule has 5 rings (SSSR count). The van der Waals surface area contributed by atoms with E-state index in [0.717, 1.165) is 66.9 Å². The molecule has 1 N–H and O–H groups in total. The average molecular weight is 574 g/mol. The van der Waals surface area contributed by atoms with Crippen molar-refractivity contribution in [3.8, 4) is 22.8 Å². The molecule has 4 aromatic rings. The van der Waals surface area contributed by atoms with E-state index in [0.29, 0.717) is 29.7 Å². The maximum atomic E-state index is 12.5. The number of carbonyl (C=O) groups excluding carboxylic acids is 1. The molecule has 1 amide bonds. The number of fused-ring (bicyclic) bond motifs is 1. The Balaban J connectivity index is 1.24. The van der Waals surface area contributed by atoms with Crippen LogP contribution in [0.4, 0.5) is 5.69 Å². The van der Waals surface area contributed by atoms with Gasteiger partial charge in [-0.3, -0.25) is 4.79 Å². The third kappa shape index (κ3) is 7.21. The number of methoxy groups -OCH3 is 2. The normalized spacial score (nSPS) is 14.4. The van der Waals surface area contributed by atoms with Crippen molar-refractivity contribution >= 4 is 22.5 Å². The number of benzene rings is 2. The van der Waals surface area contributed by atoms with Crippen LogP contribution in [0.15, 0.2) is 48.9 Å². The summed E-state index contributed by atoms with van der Waals surface area (Å²) in [5, 5.41) is 11.9. The number of likely N-dealkylation sites (tertiary alicyclic amines) is 1. The van der Waals surface area contributed by atoms with Gasteiger partial charge in [-0.15, -0.1) is 5.10 Å². The first-order chi connectivity index (χ1) is 20.4. The number of hydrogen-bond acceptors (Lipinski definition) is 9. The summed E-state index contributed by atoms with van der Waals surface area (Å²) in [6.07, 6.45) is 5.55. The predicted octanol–water partition coefficient (Wildman–Crippen LogP) is 4.40. The Morgan fingerprint density at radius 2 is 1.86 bits per heavy atom. The number of anilines is 1. The van der Waals surface area contributed by atoms with Crippen molar-refractivity contribution in [3.05, 3.63) is 54.6 Å². The topological polar surface area (TPSA) is 117 Å². The number of ether oxygens (including phenoxy) is 3. The second kappa shape index (κ2) is 13.7. The quantitative estimate of drug-likeness (QED) is 0.263. The summed E-state index contributed by atoms with van der Waals surface area (Å²) < 4.78 is 18.7. The van der Waals surface area contributed by atoms with E-state index in [2.05, 4.69) is 30.5 Å². The molecule has 0 aliphatic carbocycles. The Labute approximate surface area is 246 Å². The summed E-state index contributed by atoms with van der Waals surface area (Å²) >= 11 is 0. The number of nitrogens with one attached hydrogen (secondary N) is 1. The first kappa shape index (κ1) is 29.4. The van der Waals surface area contributed by atoms with Gasteiger partial charge in [0.15, 0.2) is 11.5 Å². The minimum absolute atomic E-state index is 0.0931. The lowest BCUT2D eigenvalue weighted by Gasteiger charge is -2.31. The number of rotatable bonds is 12. The van der Waals surface area contributed by atoms with Crippen LogP contribution in [0.5, 0.6) is 11.5 Å². The third-order valence-corrected chi connectivity index (χ3v) is 7.61. The molecule has 222 valence electrons. The fourth-order valence-electron chi connectivity index (χ4n) is 5.09. The number of piperidine rings is 1. The molecule has 1 aliphatic rings. The molecule has 0 saturated carbocycles. The highest BCUT2D eigenvalue weighted by atomic mass is 16.5. The highest BCUT2D eigenvalue weighted by molar-refractivity contribution is 5.95. The van der Waals surface area contributed by atoms with Crippen molar-refractivity contribution in [1.82, 2.24) is 29.9 Å². The van der Waals surface area contributed by atoms with Crippen LogP contribution in [0.1, 0.15) is 38.3 Å². The van der Waals surface area contributed by atoms with Gasteiger partial charge < -0.3 is 24.4 Å². The SMILES string of the molecule is COCCN1CCC(COc2cc3ncnc(-c4ccc(NC(=O)Cn5cc(C(C)C)nn5)cc4)c3cc2OC)CC1.